The number of benzene rings is 4. The van der Waals surface area contributed by atoms with Crippen molar-refractivity contribution < 1.29 is 19.0 Å². The van der Waals surface area contributed by atoms with E-state index in [0.29, 0.717) is 5.75 Å². The molecule has 1 heterocycles. The first-order chi connectivity index (χ1) is 20.1. The Morgan fingerprint density at radius 2 is 1.12 bits per heavy atom. The zero-order valence-corrected chi connectivity index (χ0v) is 23.7. The van der Waals surface area contributed by atoms with E-state index in [1.165, 1.54) is 64.6 Å². The van der Waals surface area contributed by atoms with Crippen LogP contribution in [0.4, 0.5) is 0 Å². The molecule has 0 atom stereocenters. The third kappa shape index (κ3) is 5.12. The first kappa shape index (κ1) is 25.9. The van der Waals surface area contributed by atoms with E-state index >= 15 is 0 Å². The Morgan fingerprint density at radius 1 is 0.634 bits per heavy atom. The van der Waals surface area contributed by atoms with Crippen LogP contribution in [0.1, 0.15) is 53.5 Å². The minimum absolute atomic E-state index is 0.211. The van der Waals surface area contributed by atoms with Crippen molar-refractivity contribution in [3.05, 3.63) is 101 Å². The van der Waals surface area contributed by atoms with Crippen LogP contribution < -0.4 is 14.2 Å². The van der Waals surface area contributed by atoms with Gasteiger partial charge in [-0.3, -0.25) is 4.79 Å². The summed E-state index contributed by atoms with van der Waals surface area (Å²) in [5, 5.41) is 0. The van der Waals surface area contributed by atoms with Gasteiger partial charge in [-0.05, 0) is 116 Å². The van der Waals surface area contributed by atoms with Gasteiger partial charge in [0.1, 0.15) is 36.4 Å². The average molecular weight is 545 g/mol. The molecule has 0 unspecified atom stereocenters. The fraction of sp³-hybridized carbons (Fsp3) is 0.324. The molecule has 4 heteroatoms. The monoisotopic (exact) mass is 544 g/mol. The Kier molecular flexibility index (Phi) is 7.00. The number of hydrogen-bond donors (Lipinski definition) is 0. The largest absolute Gasteiger partial charge is 0.492 e. The van der Waals surface area contributed by atoms with Crippen molar-refractivity contribution >= 4 is 5.97 Å². The van der Waals surface area contributed by atoms with Gasteiger partial charge in [-0.15, -0.1) is 0 Å². The second-order valence-corrected chi connectivity index (χ2v) is 11.7. The lowest BCUT2D eigenvalue weighted by Crippen LogP contribution is -2.31. The Morgan fingerprint density at radius 3 is 1.66 bits per heavy atom. The van der Waals surface area contributed by atoms with Crippen LogP contribution in [0.15, 0.2) is 72.8 Å². The van der Waals surface area contributed by atoms with E-state index < -0.39 is 5.92 Å². The van der Waals surface area contributed by atoms with Crippen molar-refractivity contribution in [3.8, 4) is 39.5 Å². The second kappa shape index (κ2) is 11.1. The standard InChI is InChI=1S/C37H36O4/c1-24-10-12-25(13-11-24)26-14-18-30(19-15-26)41-37(38)29-22-39-33-20-16-27-6-2-4-8-31(27)35(33)36-32-9-5-3-7-28(32)17-21-34(36)40-23-29/h10-21,29H,2-9,22-23H2,1H3. The summed E-state index contributed by atoms with van der Waals surface area (Å²) in [7, 11) is 0. The number of rotatable bonds is 3. The lowest BCUT2D eigenvalue weighted by molar-refractivity contribution is -0.141. The smallest absolute Gasteiger partial charge is 0.321 e. The molecule has 0 fully saturated rings. The van der Waals surface area contributed by atoms with Gasteiger partial charge in [-0.1, -0.05) is 54.1 Å². The molecule has 0 saturated heterocycles. The molecule has 4 nitrogen and oxygen atoms in total. The first-order valence-corrected chi connectivity index (χ1v) is 15.1. The molecule has 3 aliphatic rings. The zero-order chi connectivity index (χ0) is 27.8. The predicted octanol–water partition coefficient (Wildman–Crippen LogP) is 8.08. The molecule has 0 aromatic heterocycles. The lowest BCUT2D eigenvalue weighted by Gasteiger charge is -2.27. The van der Waals surface area contributed by atoms with Crippen molar-refractivity contribution in [2.24, 2.45) is 5.92 Å². The number of aryl methyl sites for hydroxylation is 3. The number of esters is 1. The SMILES string of the molecule is Cc1ccc(-c2ccc(OC(=O)C3COc4ccc5c(c4-c4c(ccc6c4CCCC6)OC3)CCCC5)cc2)cc1. The van der Waals surface area contributed by atoms with Crippen LogP contribution in [0.25, 0.3) is 22.3 Å². The molecule has 0 spiro atoms. The van der Waals surface area contributed by atoms with E-state index in [4.69, 9.17) is 14.2 Å². The van der Waals surface area contributed by atoms with Crippen molar-refractivity contribution in [2.45, 2.75) is 58.3 Å². The number of ether oxygens (including phenoxy) is 3. The van der Waals surface area contributed by atoms with Crippen LogP contribution in [0.3, 0.4) is 0 Å². The molecule has 0 radical (unpaired) electrons. The fourth-order valence-corrected chi connectivity index (χ4v) is 6.63. The summed E-state index contributed by atoms with van der Waals surface area (Å²) in [6.07, 6.45) is 9.13. The molecule has 0 N–H and O–H groups in total. The summed E-state index contributed by atoms with van der Waals surface area (Å²) < 4.78 is 18.9. The molecule has 4 aromatic carbocycles. The molecule has 41 heavy (non-hydrogen) atoms. The van der Waals surface area contributed by atoms with Gasteiger partial charge in [0.05, 0.1) is 0 Å². The maximum atomic E-state index is 13.4. The van der Waals surface area contributed by atoms with Gasteiger partial charge < -0.3 is 14.2 Å². The van der Waals surface area contributed by atoms with Crippen molar-refractivity contribution in [1.29, 1.82) is 0 Å². The number of carbonyl (C=O) groups excluding carboxylic acids is 1. The summed E-state index contributed by atoms with van der Waals surface area (Å²) >= 11 is 0. The minimum atomic E-state index is -0.558. The van der Waals surface area contributed by atoms with Crippen LogP contribution in [0.2, 0.25) is 0 Å². The highest BCUT2D eigenvalue weighted by Gasteiger charge is 2.31. The Bertz CT molecular complexity index is 1510. The highest BCUT2D eigenvalue weighted by molar-refractivity contribution is 5.84. The average Bonchev–Trinajstić information content (AvgIpc) is 3.09. The normalized spacial score (nSPS) is 16.3. The minimum Gasteiger partial charge on any atom is -0.492 e. The Balaban J connectivity index is 1.18. The number of fused-ring (bicyclic) bond motifs is 7. The molecule has 7 rings (SSSR count). The molecule has 0 bridgehead atoms. The summed E-state index contributed by atoms with van der Waals surface area (Å²) in [6, 6.07) is 24.8. The van der Waals surface area contributed by atoms with Gasteiger partial charge in [-0.25, -0.2) is 0 Å². The van der Waals surface area contributed by atoms with Crippen LogP contribution in [0, 0.1) is 12.8 Å². The van der Waals surface area contributed by atoms with Gasteiger partial charge >= 0.3 is 5.97 Å². The predicted molar refractivity (Wildman–Crippen MR) is 162 cm³/mol. The number of hydrogen-bond acceptors (Lipinski definition) is 4. The lowest BCUT2D eigenvalue weighted by atomic mass is 9.80. The van der Waals surface area contributed by atoms with Crippen molar-refractivity contribution in [2.75, 3.05) is 13.2 Å². The molecule has 208 valence electrons. The molecule has 4 aromatic rings. The quantitative estimate of drug-likeness (QED) is 0.193. The summed E-state index contributed by atoms with van der Waals surface area (Å²) in [6.45, 7) is 2.50. The van der Waals surface area contributed by atoms with Crippen LogP contribution in [0.5, 0.6) is 17.2 Å². The van der Waals surface area contributed by atoms with Crippen molar-refractivity contribution in [1.82, 2.24) is 0 Å². The Labute approximate surface area is 242 Å². The summed E-state index contributed by atoms with van der Waals surface area (Å²) in [4.78, 5) is 13.4. The van der Waals surface area contributed by atoms with Gasteiger partial charge in [0, 0.05) is 11.1 Å². The molecular weight excluding hydrogens is 508 g/mol. The Hall–Kier alpha value is -4.05. The highest BCUT2D eigenvalue weighted by Crippen LogP contribution is 2.47. The van der Waals surface area contributed by atoms with Gasteiger partial charge in [0.25, 0.3) is 0 Å². The fourth-order valence-electron chi connectivity index (χ4n) is 6.63. The molecule has 2 aliphatic carbocycles. The molecule has 0 saturated carbocycles. The third-order valence-corrected chi connectivity index (χ3v) is 8.91. The van der Waals surface area contributed by atoms with E-state index in [0.717, 1.165) is 48.3 Å². The van der Waals surface area contributed by atoms with E-state index in [1.54, 1.807) is 0 Å². The van der Waals surface area contributed by atoms with E-state index in [1.807, 2.05) is 24.3 Å². The van der Waals surface area contributed by atoms with E-state index in [2.05, 4.69) is 55.5 Å². The van der Waals surface area contributed by atoms with Crippen molar-refractivity contribution in [3.63, 3.8) is 0 Å². The zero-order valence-electron chi connectivity index (χ0n) is 23.7. The van der Waals surface area contributed by atoms with Gasteiger partial charge in [-0.2, -0.15) is 0 Å². The first-order valence-electron chi connectivity index (χ1n) is 15.1. The van der Waals surface area contributed by atoms with Crippen LogP contribution in [-0.2, 0) is 30.5 Å². The molecular formula is C37H36O4. The third-order valence-electron chi connectivity index (χ3n) is 8.91. The molecule has 0 amide bonds. The highest BCUT2D eigenvalue weighted by atomic mass is 16.5. The van der Waals surface area contributed by atoms with E-state index in [-0.39, 0.29) is 19.2 Å². The van der Waals surface area contributed by atoms with Gasteiger partial charge in [0.2, 0.25) is 0 Å². The maximum Gasteiger partial charge on any atom is 0.321 e. The summed E-state index contributed by atoms with van der Waals surface area (Å²) in [5.41, 5.74) is 11.5. The topological polar surface area (TPSA) is 44.8 Å². The van der Waals surface area contributed by atoms with Crippen LogP contribution in [-0.4, -0.2) is 19.2 Å². The van der Waals surface area contributed by atoms with Gasteiger partial charge in [0.15, 0.2) is 0 Å². The maximum absolute atomic E-state index is 13.4. The summed E-state index contributed by atoms with van der Waals surface area (Å²) in [5.74, 6) is 1.34. The van der Waals surface area contributed by atoms with Crippen LogP contribution >= 0.6 is 0 Å². The second-order valence-electron chi connectivity index (χ2n) is 11.7. The van der Waals surface area contributed by atoms with E-state index in [9.17, 15) is 4.79 Å². The number of carbonyl (C=O) groups is 1. The molecule has 1 aliphatic heterocycles.